The maximum absolute atomic E-state index is 13.1. The van der Waals surface area contributed by atoms with Crippen molar-refractivity contribution in [1.29, 1.82) is 0 Å². The molecule has 3 N–H and O–H groups in total. The summed E-state index contributed by atoms with van der Waals surface area (Å²) < 4.78 is 2.62. The molecule has 0 fully saturated rings. The van der Waals surface area contributed by atoms with E-state index in [9.17, 15) is 28.8 Å². The molecule has 4 amide bonds. The molecule has 0 saturated heterocycles. The van der Waals surface area contributed by atoms with Crippen molar-refractivity contribution in [1.82, 2.24) is 29.7 Å². The number of nitrogens with zero attached hydrogens (tertiary/aromatic N) is 4. The molecule has 1 atom stereocenters. The van der Waals surface area contributed by atoms with Gasteiger partial charge in [0.1, 0.15) is 24.0 Å². The molecule has 2 aromatic heterocycles. The molecular formula is C23H31N7O6. The maximum atomic E-state index is 13.1. The largest absolute Gasteiger partial charge is 0.353 e. The van der Waals surface area contributed by atoms with Crippen LogP contribution in [0.5, 0.6) is 0 Å². The van der Waals surface area contributed by atoms with E-state index >= 15 is 0 Å². The van der Waals surface area contributed by atoms with E-state index < -0.39 is 35.1 Å². The molecule has 194 valence electrons. The number of pyridine rings is 1. The number of aryl methyl sites for hydroxylation is 1. The second-order valence-corrected chi connectivity index (χ2v) is 7.87. The average molecular weight is 502 g/mol. The number of anilines is 1. The van der Waals surface area contributed by atoms with E-state index in [0.717, 1.165) is 0 Å². The summed E-state index contributed by atoms with van der Waals surface area (Å²) in [6, 6.07) is 1.63. The third kappa shape index (κ3) is 7.10. The Labute approximate surface area is 207 Å². The first kappa shape index (κ1) is 28.0. The van der Waals surface area contributed by atoms with E-state index in [4.69, 9.17) is 0 Å². The van der Waals surface area contributed by atoms with E-state index in [0.29, 0.717) is 13.1 Å². The Balaban J connectivity index is 2.23. The Morgan fingerprint density at radius 1 is 1.14 bits per heavy atom. The van der Waals surface area contributed by atoms with Crippen molar-refractivity contribution < 1.29 is 24.0 Å². The maximum Gasteiger partial charge on any atom is 0.287 e. The minimum atomic E-state index is -1.24. The predicted molar refractivity (Wildman–Crippen MR) is 130 cm³/mol. The van der Waals surface area contributed by atoms with Gasteiger partial charge in [0.25, 0.3) is 17.4 Å². The number of aromatic nitrogens is 3. The number of hydrogen-bond acceptors (Lipinski definition) is 7. The summed E-state index contributed by atoms with van der Waals surface area (Å²) in [5.74, 6) is -3.23. The summed E-state index contributed by atoms with van der Waals surface area (Å²) in [6.07, 6.45) is 3.64. The van der Waals surface area contributed by atoms with Gasteiger partial charge in [0.2, 0.25) is 17.6 Å². The van der Waals surface area contributed by atoms with Crippen molar-refractivity contribution in [3.8, 4) is 0 Å². The van der Waals surface area contributed by atoms with Crippen LogP contribution in [0.4, 0.5) is 5.69 Å². The van der Waals surface area contributed by atoms with Gasteiger partial charge in [-0.15, -0.1) is 0 Å². The molecule has 13 heteroatoms. The van der Waals surface area contributed by atoms with Gasteiger partial charge >= 0.3 is 0 Å². The first-order valence-electron chi connectivity index (χ1n) is 11.4. The molecule has 0 saturated carbocycles. The molecule has 0 radical (unpaired) electrons. The fourth-order valence-electron chi connectivity index (χ4n) is 3.40. The first-order valence-corrected chi connectivity index (χ1v) is 11.4. The van der Waals surface area contributed by atoms with Crippen LogP contribution < -0.4 is 21.5 Å². The van der Waals surface area contributed by atoms with Gasteiger partial charge in [-0.3, -0.25) is 28.8 Å². The van der Waals surface area contributed by atoms with Crippen molar-refractivity contribution in [3.63, 3.8) is 0 Å². The van der Waals surface area contributed by atoms with Crippen LogP contribution in [0.3, 0.4) is 0 Å². The normalized spacial score (nSPS) is 11.3. The third-order valence-corrected chi connectivity index (χ3v) is 5.51. The Bertz CT molecular complexity index is 1180. The topological polar surface area (TPSA) is 164 Å². The fraction of sp³-hybridized carbons (Fsp3) is 0.435. The van der Waals surface area contributed by atoms with Crippen LogP contribution >= 0.6 is 0 Å². The molecule has 13 nitrogen and oxygen atoms in total. The predicted octanol–water partition coefficient (Wildman–Crippen LogP) is -0.717. The standard InChI is InChI=1S/C23H31N7O6/c1-5-29(6-2)19(32)13-30-11-7-8-16(23(30)36)27-20(33)15(9-10-18(31)22(35)24-3)26-21(34)17-12-25-14-28(17)4/h7-8,11-12,14-15H,5-6,9-10,13H2,1-4H3,(H,24,35)(H,26,34)(H,27,33). The van der Waals surface area contributed by atoms with Crippen LogP contribution in [0.25, 0.3) is 0 Å². The SMILES string of the molecule is CCN(CC)C(=O)Cn1cccc(NC(=O)C(CCC(=O)C(=O)NC)NC(=O)c2cncn2C)c1=O. The molecule has 0 aliphatic heterocycles. The highest BCUT2D eigenvalue weighted by Gasteiger charge is 2.26. The number of carbonyl (C=O) groups excluding carboxylic acids is 5. The number of rotatable bonds is 12. The molecule has 0 spiro atoms. The van der Waals surface area contributed by atoms with E-state index in [-0.39, 0.29) is 36.7 Å². The van der Waals surface area contributed by atoms with Gasteiger partial charge in [-0.25, -0.2) is 4.98 Å². The highest BCUT2D eigenvalue weighted by atomic mass is 16.2. The van der Waals surface area contributed by atoms with Crippen LogP contribution in [-0.4, -0.2) is 74.6 Å². The molecule has 2 rings (SSSR count). The number of amides is 4. The van der Waals surface area contributed by atoms with Crippen molar-refractivity contribution >= 4 is 35.1 Å². The molecule has 1 unspecified atom stereocenters. The van der Waals surface area contributed by atoms with E-state index in [1.807, 2.05) is 13.8 Å². The lowest BCUT2D eigenvalue weighted by molar-refractivity contribution is -0.137. The number of hydrogen-bond donors (Lipinski definition) is 3. The Morgan fingerprint density at radius 2 is 1.83 bits per heavy atom. The summed E-state index contributed by atoms with van der Waals surface area (Å²) in [6.45, 7) is 4.44. The van der Waals surface area contributed by atoms with Crippen LogP contribution in [0, 0.1) is 0 Å². The number of likely N-dealkylation sites (N-methyl/N-ethyl adjacent to an activating group) is 2. The van der Waals surface area contributed by atoms with Gasteiger partial charge in [-0.2, -0.15) is 0 Å². The fourth-order valence-corrected chi connectivity index (χ4v) is 3.40. The van der Waals surface area contributed by atoms with Gasteiger partial charge in [-0.1, -0.05) is 0 Å². The van der Waals surface area contributed by atoms with Crippen LogP contribution in [-0.2, 0) is 32.8 Å². The zero-order valence-corrected chi connectivity index (χ0v) is 20.7. The van der Waals surface area contributed by atoms with Gasteiger partial charge in [0.05, 0.1) is 12.5 Å². The third-order valence-electron chi connectivity index (χ3n) is 5.51. The van der Waals surface area contributed by atoms with Crippen LogP contribution in [0.1, 0.15) is 37.2 Å². The molecule has 2 heterocycles. The van der Waals surface area contributed by atoms with Crippen molar-refractivity contribution in [2.75, 3.05) is 25.5 Å². The number of carbonyl (C=O) groups is 5. The lowest BCUT2D eigenvalue weighted by Gasteiger charge is -2.20. The van der Waals surface area contributed by atoms with E-state index in [2.05, 4.69) is 20.9 Å². The molecule has 0 aliphatic carbocycles. The van der Waals surface area contributed by atoms with Gasteiger partial charge < -0.3 is 30.0 Å². The van der Waals surface area contributed by atoms with E-state index in [1.54, 1.807) is 11.9 Å². The number of nitrogens with one attached hydrogen (secondary N) is 3. The highest BCUT2D eigenvalue weighted by Crippen LogP contribution is 2.07. The summed E-state index contributed by atoms with van der Waals surface area (Å²) in [7, 11) is 2.90. The first-order chi connectivity index (χ1) is 17.1. The summed E-state index contributed by atoms with van der Waals surface area (Å²) in [5.41, 5.74) is -0.542. The lowest BCUT2D eigenvalue weighted by Crippen LogP contribution is -2.45. The quantitative estimate of drug-likeness (QED) is 0.323. The Kier molecular flexibility index (Phi) is 10.1. The number of ketones is 1. The Morgan fingerprint density at radius 3 is 2.42 bits per heavy atom. The molecule has 0 bridgehead atoms. The van der Waals surface area contributed by atoms with Crippen LogP contribution in [0.2, 0.25) is 0 Å². The summed E-state index contributed by atoms with van der Waals surface area (Å²) >= 11 is 0. The van der Waals surface area contributed by atoms with Crippen molar-refractivity contribution in [2.45, 2.75) is 39.3 Å². The molecule has 2 aromatic rings. The second kappa shape index (κ2) is 13.0. The summed E-state index contributed by atoms with van der Waals surface area (Å²) in [5, 5.41) is 7.20. The van der Waals surface area contributed by atoms with Gasteiger partial charge in [0.15, 0.2) is 0 Å². The molecule has 36 heavy (non-hydrogen) atoms. The minimum Gasteiger partial charge on any atom is -0.353 e. The monoisotopic (exact) mass is 501 g/mol. The Hall–Kier alpha value is -4.29. The van der Waals surface area contributed by atoms with Crippen LogP contribution in [0.15, 0.2) is 35.6 Å². The number of imidazole rings is 1. The number of Topliss-reactive ketones (excluding diaryl/α,β-unsaturated/α-hetero) is 1. The molecular weight excluding hydrogens is 470 g/mol. The van der Waals surface area contributed by atoms with Gasteiger partial charge in [0, 0.05) is 39.8 Å². The zero-order valence-electron chi connectivity index (χ0n) is 20.7. The second-order valence-electron chi connectivity index (χ2n) is 7.87. The minimum absolute atomic E-state index is 0.104. The van der Waals surface area contributed by atoms with Crippen molar-refractivity contribution in [2.24, 2.45) is 7.05 Å². The van der Waals surface area contributed by atoms with Crippen molar-refractivity contribution in [3.05, 3.63) is 46.9 Å². The summed E-state index contributed by atoms with van der Waals surface area (Å²) in [4.78, 5) is 80.0. The molecule has 0 aliphatic rings. The van der Waals surface area contributed by atoms with Gasteiger partial charge in [-0.05, 0) is 32.4 Å². The zero-order chi connectivity index (χ0) is 26.8. The smallest absolute Gasteiger partial charge is 0.287 e. The highest BCUT2D eigenvalue weighted by molar-refractivity contribution is 6.36. The average Bonchev–Trinajstić information content (AvgIpc) is 3.29. The lowest BCUT2D eigenvalue weighted by atomic mass is 10.1. The van der Waals surface area contributed by atoms with E-state index in [1.165, 1.54) is 47.0 Å². The molecule has 0 aromatic carbocycles.